The van der Waals surface area contributed by atoms with Gasteiger partial charge in [0.05, 0.1) is 5.60 Å². The monoisotopic (exact) mass is 270 g/mol. The predicted molar refractivity (Wildman–Crippen MR) is 77.1 cm³/mol. The fraction of sp³-hybridized carbons (Fsp3) is 0.571. The molecule has 0 aromatic heterocycles. The Bertz CT molecular complexity index is 391. The molecule has 0 bridgehead atoms. The normalized spacial score (nSPS) is 14.8. The molecule has 0 saturated heterocycles. The van der Waals surface area contributed by atoms with E-state index < -0.39 is 5.60 Å². The zero-order valence-electron chi connectivity index (χ0n) is 11.6. The Hall–Kier alpha value is -0.610. The fourth-order valence-corrected chi connectivity index (χ4v) is 2.29. The maximum atomic E-state index is 10.2. The molecule has 0 spiro atoms. The highest BCUT2D eigenvalue weighted by Crippen LogP contribution is 2.15. The van der Waals surface area contributed by atoms with Gasteiger partial charge in [-0.25, -0.2) is 0 Å². The molecule has 0 fully saturated rings. The summed E-state index contributed by atoms with van der Waals surface area (Å²) in [5.41, 5.74) is 1.66. The van der Waals surface area contributed by atoms with Crippen molar-refractivity contribution in [3.63, 3.8) is 0 Å². The van der Waals surface area contributed by atoms with Crippen molar-refractivity contribution in [3.8, 4) is 0 Å². The molecule has 0 aliphatic carbocycles. The lowest BCUT2D eigenvalue weighted by molar-refractivity contribution is 0.0336. The van der Waals surface area contributed by atoms with E-state index in [0.29, 0.717) is 13.1 Å². The molecular weight excluding hydrogens is 248 g/mol. The van der Waals surface area contributed by atoms with Crippen molar-refractivity contribution < 1.29 is 5.11 Å². The molecule has 3 nitrogen and oxygen atoms in total. The molecular formula is C14H23ClN2O. The van der Waals surface area contributed by atoms with Crippen molar-refractivity contribution in [1.29, 1.82) is 0 Å². The summed E-state index contributed by atoms with van der Waals surface area (Å²) in [6, 6.07) is 5.87. The number of nitrogens with zero attached hydrogens (tertiary/aromatic N) is 1. The first-order chi connectivity index (χ1) is 8.30. The molecule has 0 unspecified atom stereocenters. The number of nitrogens with one attached hydrogen (secondary N) is 1. The van der Waals surface area contributed by atoms with E-state index in [2.05, 4.69) is 5.32 Å². The summed E-state index contributed by atoms with van der Waals surface area (Å²) in [7, 11) is 3.91. The van der Waals surface area contributed by atoms with Crippen LogP contribution in [-0.4, -0.2) is 42.8 Å². The van der Waals surface area contributed by atoms with Crippen LogP contribution in [0.1, 0.15) is 18.1 Å². The molecule has 0 heterocycles. The Morgan fingerprint density at radius 1 is 1.39 bits per heavy atom. The van der Waals surface area contributed by atoms with E-state index in [1.165, 1.54) is 11.1 Å². The molecule has 1 aromatic rings. The van der Waals surface area contributed by atoms with E-state index in [9.17, 15) is 5.11 Å². The van der Waals surface area contributed by atoms with Crippen molar-refractivity contribution in [1.82, 2.24) is 10.2 Å². The van der Waals surface area contributed by atoms with Crippen molar-refractivity contribution in [2.75, 3.05) is 27.2 Å². The standard InChI is InChI=1S/C14H23ClN2O/c1-11-7-13(15)6-5-12(11)8-16-9-14(2,18)10-17(3)4/h5-7,16,18H,8-10H2,1-4H3/t14-/m1/s1. The van der Waals surface area contributed by atoms with Crippen LogP contribution < -0.4 is 5.32 Å². The maximum absolute atomic E-state index is 10.2. The Kier molecular flexibility index (Phi) is 5.60. The van der Waals surface area contributed by atoms with Crippen molar-refractivity contribution in [2.24, 2.45) is 0 Å². The number of aryl methyl sites for hydroxylation is 1. The van der Waals surface area contributed by atoms with E-state index in [1.54, 1.807) is 0 Å². The number of halogens is 1. The van der Waals surface area contributed by atoms with Gasteiger partial charge >= 0.3 is 0 Å². The first-order valence-electron chi connectivity index (χ1n) is 6.13. The Morgan fingerprint density at radius 3 is 2.61 bits per heavy atom. The molecule has 4 heteroatoms. The number of hydrogen-bond acceptors (Lipinski definition) is 3. The van der Waals surface area contributed by atoms with Crippen LogP contribution in [0.15, 0.2) is 18.2 Å². The molecule has 0 amide bonds. The van der Waals surface area contributed by atoms with Crippen LogP contribution in [0.25, 0.3) is 0 Å². The zero-order valence-corrected chi connectivity index (χ0v) is 12.4. The van der Waals surface area contributed by atoms with Gasteiger partial charge in [0.25, 0.3) is 0 Å². The van der Waals surface area contributed by atoms with E-state index in [4.69, 9.17) is 11.6 Å². The highest BCUT2D eigenvalue weighted by molar-refractivity contribution is 6.30. The van der Waals surface area contributed by atoms with Gasteiger partial charge in [0.2, 0.25) is 0 Å². The zero-order chi connectivity index (χ0) is 13.8. The van der Waals surface area contributed by atoms with E-state index in [0.717, 1.165) is 11.6 Å². The fourth-order valence-electron chi connectivity index (χ4n) is 2.06. The van der Waals surface area contributed by atoms with Gasteiger partial charge in [-0.15, -0.1) is 0 Å². The van der Waals surface area contributed by atoms with Gasteiger partial charge in [-0.3, -0.25) is 0 Å². The molecule has 0 saturated carbocycles. The van der Waals surface area contributed by atoms with Gasteiger partial charge in [0.1, 0.15) is 0 Å². The summed E-state index contributed by atoms with van der Waals surface area (Å²) in [5.74, 6) is 0. The van der Waals surface area contributed by atoms with Crippen molar-refractivity contribution >= 4 is 11.6 Å². The largest absolute Gasteiger partial charge is 0.388 e. The highest BCUT2D eigenvalue weighted by atomic mass is 35.5. The molecule has 1 aromatic carbocycles. The summed E-state index contributed by atoms with van der Waals surface area (Å²) in [4.78, 5) is 1.98. The Balaban J connectivity index is 2.46. The first-order valence-corrected chi connectivity index (χ1v) is 6.51. The van der Waals surface area contributed by atoms with Gasteiger partial charge in [-0.05, 0) is 51.2 Å². The second kappa shape index (κ2) is 6.53. The van der Waals surface area contributed by atoms with Gasteiger partial charge in [-0.1, -0.05) is 17.7 Å². The lowest BCUT2D eigenvalue weighted by atomic mass is 10.1. The number of rotatable bonds is 6. The van der Waals surface area contributed by atoms with Crippen LogP contribution in [0.2, 0.25) is 5.02 Å². The molecule has 1 atom stereocenters. The molecule has 2 N–H and O–H groups in total. The second-order valence-electron chi connectivity index (χ2n) is 5.41. The van der Waals surface area contributed by atoms with Gasteiger partial charge in [0, 0.05) is 24.7 Å². The number of likely N-dealkylation sites (N-methyl/N-ethyl adjacent to an activating group) is 1. The molecule has 0 aliphatic heterocycles. The smallest absolute Gasteiger partial charge is 0.0869 e. The van der Waals surface area contributed by atoms with E-state index in [1.807, 2.05) is 51.0 Å². The average molecular weight is 271 g/mol. The first kappa shape index (κ1) is 15.4. The maximum Gasteiger partial charge on any atom is 0.0869 e. The molecule has 102 valence electrons. The van der Waals surface area contributed by atoms with E-state index in [-0.39, 0.29) is 0 Å². The van der Waals surface area contributed by atoms with Crippen LogP contribution >= 0.6 is 11.6 Å². The third kappa shape index (κ3) is 5.36. The minimum atomic E-state index is -0.718. The third-order valence-corrected chi connectivity index (χ3v) is 3.02. The molecule has 0 radical (unpaired) electrons. The summed E-state index contributed by atoms with van der Waals surface area (Å²) in [5, 5.41) is 14.2. The van der Waals surface area contributed by atoms with Gasteiger partial charge in [-0.2, -0.15) is 0 Å². The molecule has 1 rings (SSSR count). The number of aliphatic hydroxyl groups is 1. The van der Waals surface area contributed by atoms with E-state index >= 15 is 0 Å². The number of benzene rings is 1. The van der Waals surface area contributed by atoms with Crippen molar-refractivity contribution in [3.05, 3.63) is 34.3 Å². The van der Waals surface area contributed by atoms with Gasteiger partial charge in [0.15, 0.2) is 0 Å². The molecule has 18 heavy (non-hydrogen) atoms. The summed E-state index contributed by atoms with van der Waals surface area (Å²) in [6.45, 7) is 5.83. The minimum Gasteiger partial charge on any atom is -0.388 e. The average Bonchev–Trinajstić information content (AvgIpc) is 2.19. The summed E-state index contributed by atoms with van der Waals surface area (Å²) >= 11 is 5.91. The topological polar surface area (TPSA) is 35.5 Å². The number of hydrogen-bond donors (Lipinski definition) is 2. The third-order valence-electron chi connectivity index (χ3n) is 2.78. The van der Waals surface area contributed by atoms with Gasteiger partial charge < -0.3 is 15.3 Å². The van der Waals surface area contributed by atoms with Crippen LogP contribution in [0, 0.1) is 6.92 Å². The quantitative estimate of drug-likeness (QED) is 0.831. The van der Waals surface area contributed by atoms with Crippen LogP contribution in [0.3, 0.4) is 0 Å². The van der Waals surface area contributed by atoms with Crippen LogP contribution in [-0.2, 0) is 6.54 Å². The SMILES string of the molecule is Cc1cc(Cl)ccc1CNC[C@@](C)(O)CN(C)C. The minimum absolute atomic E-state index is 0.563. The van der Waals surface area contributed by atoms with Crippen LogP contribution in [0.4, 0.5) is 0 Å². The lowest BCUT2D eigenvalue weighted by Gasteiger charge is -2.27. The Labute approximate surface area is 115 Å². The summed E-state index contributed by atoms with van der Waals surface area (Å²) in [6.07, 6.45) is 0. The highest BCUT2D eigenvalue weighted by Gasteiger charge is 2.20. The summed E-state index contributed by atoms with van der Waals surface area (Å²) < 4.78 is 0. The van der Waals surface area contributed by atoms with Crippen LogP contribution in [0.5, 0.6) is 0 Å². The lowest BCUT2D eigenvalue weighted by Crippen LogP contribution is -2.45. The van der Waals surface area contributed by atoms with Crippen molar-refractivity contribution in [2.45, 2.75) is 26.0 Å². The Morgan fingerprint density at radius 2 is 2.06 bits per heavy atom. The molecule has 0 aliphatic rings. The second-order valence-corrected chi connectivity index (χ2v) is 5.85. The predicted octanol–water partition coefficient (Wildman–Crippen LogP) is 2.05.